The second kappa shape index (κ2) is 6.53. The zero-order valence-corrected chi connectivity index (χ0v) is 12.8. The molecule has 0 unspecified atom stereocenters. The van der Waals surface area contributed by atoms with Crippen LogP contribution in [0.3, 0.4) is 0 Å². The minimum Gasteiger partial charge on any atom is -0.344 e. The lowest BCUT2D eigenvalue weighted by Gasteiger charge is -2.12. The summed E-state index contributed by atoms with van der Waals surface area (Å²) in [6.07, 6.45) is 3.74. The van der Waals surface area contributed by atoms with Gasteiger partial charge in [0.15, 0.2) is 0 Å². The maximum atomic E-state index is 13.6. The third kappa shape index (κ3) is 3.69. The molecule has 0 aliphatic heterocycles. The molecule has 110 valence electrons. The van der Waals surface area contributed by atoms with Crippen LogP contribution in [0.15, 0.2) is 42.7 Å². The van der Waals surface area contributed by atoms with Gasteiger partial charge in [-0.25, -0.2) is 9.37 Å². The number of hydrogen-bond donors (Lipinski definition) is 1. The van der Waals surface area contributed by atoms with Crippen molar-refractivity contribution in [1.29, 1.82) is 0 Å². The Bertz CT molecular complexity index is 662. The number of anilines is 1. The fraction of sp³-hybridized carbons (Fsp3) is 0.278. The summed E-state index contributed by atoms with van der Waals surface area (Å²) < 4.78 is 13.6. The third-order valence-electron chi connectivity index (χ3n) is 3.31. The number of aryl methyl sites for hydroxylation is 2. The molecule has 0 aliphatic carbocycles. The van der Waals surface area contributed by atoms with Crippen molar-refractivity contribution in [3.8, 4) is 11.1 Å². The summed E-state index contributed by atoms with van der Waals surface area (Å²) in [5, 5.41) is 3.12. The van der Waals surface area contributed by atoms with Gasteiger partial charge in [-0.2, -0.15) is 0 Å². The molecule has 2 nitrogen and oxygen atoms in total. The summed E-state index contributed by atoms with van der Waals surface area (Å²) in [4.78, 5) is 4.43. The molecule has 0 amide bonds. The highest BCUT2D eigenvalue weighted by atomic mass is 19.1. The van der Waals surface area contributed by atoms with Gasteiger partial charge in [0.05, 0.1) is 0 Å². The molecule has 3 heteroatoms. The van der Waals surface area contributed by atoms with Crippen molar-refractivity contribution in [1.82, 2.24) is 4.98 Å². The van der Waals surface area contributed by atoms with Crippen LogP contribution in [0.4, 0.5) is 10.2 Å². The van der Waals surface area contributed by atoms with Crippen molar-refractivity contribution in [3.63, 3.8) is 0 Å². The molecule has 1 heterocycles. The maximum absolute atomic E-state index is 13.6. The van der Waals surface area contributed by atoms with Gasteiger partial charge in [0, 0.05) is 17.5 Å². The first-order chi connectivity index (χ1) is 10.0. The quantitative estimate of drug-likeness (QED) is 0.826. The van der Waals surface area contributed by atoms with E-state index in [2.05, 4.69) is 23.8 Å². The van der Waals surface area contributed by atoms with Crippen LogP contribution in [0, 0.1) is 12.7 Å². The van der Waals surface area contributed by atoms with E-state index in [0.29, 0.717) is 0 Å². The van der Waals surface area contributed by atoms with Crippen LogP contribution in [0.25, 0.3) is 11.1 Å². The Labute approximate surface area is 125 Å². The monoisotopic (exact) mass is 284 g/mol. The molecular formula is C18H21FN2. The minimum atomic E-state index is -0.216. The van der Waals surface area contributed by atoms with E-state index < -0.39 is 0 Å². The summed E-state index contributed by atoms with van der Waals surface area (Å²) in [5.74, 6) is 0.575. The largest absolute Gasteiger partial charge is 0.344 e. The molecular weight excluding hydrogens is 263 g/mol. The number of nitrogens with zero attached hydrogens (tertiary/aromatic N) is 1. The van der Waals surface area contributed by atoms with E-state index in [4.69, 9.17) is 0 Å². The van der Waals surface area contributed by atoms with Gasteiger partial charge in [-0.3, -0.25) is 0 Å². The number of allylic oxidation sites excluding steroid dienone is 1. The van der Waals surface area contributed by atoms with Crippen molar-refractivity contribution in [3.05, 3.63) is 59.7 Å². The lowest BCUT2D eigenvalue weighted by Crippen LogP contribution is -2.00. The van der Waals surface area contributed by atoms with E-state index >= 15 is 0 Å². The average molecular weight is 284 g/mol. The molecule has 0 aliphatic rings. The van der Waals surface area contributed by atoms with E-state index in [1.54, 1.807) is 12.3 Å². The second-order valence-electron chi connectivity index (χ2n) is 5.35. The van der Waals surface area contributed by atoms with Gasteiger partial charge in [-0.15, -0.1) is 0 Å². The highest BCUT2D eigenvalue weighted by molar-refractivity contribution is 5.69. The highest BCUT2D eigenvalue weighted by Crippen LogP contribution is 2.28. The van der Waals surface area contributed by atoms with Crippen molar-refractivity contribution < 1.29 is 4.39 Å². The Kier molecular flexibility index (Phi) is 4.73. The molecule has 1 aromatic carbocycles. The molecule has 0 fully saturated rings. The Hall–Kier alpha value is -2.16. The van der Waals surface area contributed by atoms with Gasteiger partial charge in [-0.1, -0.05) is 26.0 Å². The van der Waals surface area contributed by atoms with Crippen LogP contribution < -0.4 is 5.32 Å². The molecule has 2 rings (SSSR count). The summed E-state index contributed by atoms with van der Waals surface area (Å²) in [6, 6.07) is 7.01. The average Bonchev–Trinajstić information content (AvgIpc) is 2.43. The first kappa shape index (κ1) is 15.2. The first-order valence-corrected chi connectivity index (χ1v) is 7.19. The van der Waals surface area contributed by atoms with Crippen molar-refractivity contribution in [2.45, 2.75) is 33.6 Å². The number of nitrogens with one attached hydrogen (secondary N) is 1. The lowest BCUT2D eigenvalue weighted by atomic mass is 9.97. The fourth-order valence-corrected chi connectivity index (χ4v) is 2.36. The smallest absolute Gasteiger partial charge is 0.132 e. The minimum absolute atomic E-state index is 0.216. The molecule has 2 aromatic rings. The number of aromatic nitrogens is 1. The molecule has 0 radical (unpaired) electrons. The van der Waals surface area contributed by atoms with Gasteiger partial charge < -0.3 is 5.32 Å². The highest BCUT2D eigenvalue weighted by Gasteiger charge is 2.09. The van der Waals surface area contributed by atoms with E-state index in [-0.39, 0.29) is 5.82 Å². The number of hydrogen-bond acceptors (Lipinski definition) is 2. The van der Waals surface area contributed by atoms with E-state index in [9.17, 15) is 4.39 Å². The lowest BCUT2D eigenvalue weighted by molar-refractivity contribution is 0.627. The number of pyridine rings is 1. The van der Waals surface area contributed by atoms with Crippen molar-refractivity contribution in [2.75, 3.05) is 5.32 Å². The van der Waals surface area contributed by atoms with Crippen LogP contribution in [0.5, 0.6) is 0 Å². The van der Waals surface area contributed by atoms with Crippen molar-refractivity contribution in [2.24, 2.45) is 0 Å². The van der Waals surface area contributed by atoms with Crippen LogP contribution in [0.1, 0.15) is 31.4 Å². The predicted molar refractivity (Wildman–Crippen MR) is 86.8 cm³/mol. The third-order valence-corrected chi connectivity index (χ3v) is 3.31. The SMILES string of the molecule is C=C(C)Nc1ncc(-c2cc(F)ccc2CCC)cc1C. The summed E-state index contributed by atoms with van der Waals surface area (Å²) in [5.41, 5.74) is 4.88. The van der Waals surface area contributed by atoms with Gasteiger partial charge >= 0.3 is 0 Å². The number of rotatable bonds is 5. The van der Waals surface area contributed by atoms with E-state index in [1.807, 2.05) is 26.0 Å². The van der Waals surface area contributed by atoms with E-state index in [1.165, 1.54) is 6.07 Å². The van der Waals surface area contributed by atoms with E-state index in [0.717, 1.165) is 46.6 Å². The zero-order chi connectivity index (χ0) is 15.4. The Morgan fingerprint density at radius 1 is 1.33 bits per heavy atom. The molecule has 0 atom stereocenters. The zero-order valence-electron chi connectivity index (χ0n) is 12.8. The van der Waals surface area contributed by atoms with Crippen LogP contribution in [-0.4, -0.2) is 4.98 Å². The van der Waals surface area contributed by atoms with Crippen LogP contribution >= 0.6 is 0 Å². The fourth-order valence-electron chi connectivity index (χ4n) is 2.36. The molecule has 0 bridgehead atoms. The summed E-state index contributed by atoms with van der Waals surface area (Å²) >= 11 is 0. The molecule has 1 N–H and O–H groups in total. The van der Waals surface area contributed by atoms with Crippen LogP contribution in [0.2, 0.25) is 0 Å². The van der Waals surface area contributed by atoms with Crippen LogP contribution in [-0.2, 0) is 6.42 Å². The van der Waals surface area contributed by atoms with Gasteiger partial charge in [0.1, 0.15) is 11.6 Å². The molecule has 21 heavy (non-hydrogen) atoms. The summed E-state index contributed by atoms with van der Waals surface area (Å²) in [7, 11) is 0. The number of benzene rings is 1. The standard InChI is InChI=1S/C18H21FN2/c1-5-6-14-7-8-16(19)10-17(14)15-9-13(4)18(20-11-15)21-12(2)3/h7-11H,2,5-6H2,1,3-4H3,(H,20,21). The topological polar surface area (TPSA) is 24.9 Å². The van der Waals surface area contributed by atoms with Gasteiger partial charge in [0.2, 0.25) is 0 Å². The molecule has 0 spiro atoms. The van der Waals surface area contributed by atoms with Gasteiger partial charge in [0.25, 0.3) is 0 Å². The second-order valence-corrected chi connectivity index (χ2v) is 5.35. The Balaban J connectivity index is 2.44. The molecule has 1 aromatic heterocycles. The van der Waals surface area contributed by atoms with Crippen molar-refractivity contribution >= 4 is 5.82 Å². The first-order valence-electron chi connectivity index (χ1n) is 7.19. The summed E-state index contributed by atoms with van der Waals surface area (Å²) in [6.45, 7) is 9.82. The number of halogens is 1. The van der Waals surface area contributed by atoms with Gasteiger partial charge in [-0.05, 0) is 55.2 Å². The molecule has 0 saturated heterocycles. The normalized spacial score (nSPS) is 10.5. The Morgan fingerprint density at radius 2 is 2.10 bits per heavy atom. The Morgan fingerprint density at radius 3 is 2.71 bits per heavy atom. The maximum Gasteiger partial charge on any atom is 0.132 e. The predicted octanol–water partition coefficient (Wildman–Crippen LogP) is 5.09. The molecule has 0 saturated carbocycles.